The molecule has 1 aromatic heterocycles. The molecular weight excluding hydrogens is 311 g/mol. The molecule has 0 amide bonds. The van der Waals surface area contributed by atoms with Crippen molar-refractivity contribution in [2.45, 2.75) is 13.2 Å². The first-order chi connectivity index (χ1) is 11.7. The fourth-order valence-electron chi connectivity index (χ4n) is 2.84. The summed E-state index contributed by atoms with van der Waals surface area (Å²) >= 11 is 0. The topological polar surface area (TPSA) is 61.7 Å². The van der Waals surface area contributed by atoms with Crippen LogP contribution in [0.3, 0.4) is 0 Å². The van der Waals surface area contributed by atoms with Crippen molar-refractivity contribution in [1.82, 2.24) is 14.9 Å². The number of anilines is 1. The maximum absolute atomic E-state index is 13.9. The van der Waals surface area contributed by atoms with E-state index in [-0.39, 0.29) is 12.4 Å². The van der Waals surface area contributed by atoms with Gasteiger partial charge >= 0.3 is 0 Å². The maximum Gasteiger partial charge on any atom is 0.218 e. The van der Waals surface area contributed by atoms with Crippen LogP contribution in [-0.2, 0) is 13.2 Å². The van der Waals surface area contributed by atoms with E-state index in [9.17, 15) is 9.50 Å². The third-order valence-electron chi connectivity index (χ3n) is 4.22. The van der Waals surface area contributed by atoms with Gasteiger partial charge in [0.2, 0.25) is 5.88 Å². The van der Waals surface area contributed by atoms with Gasteiger partial charge < -0.3 is 14.7 Å². The number of aromatic nitrogens is 2. The number of hydrogen-bond acceptors (Lipinski definition) is 6. The summed E-state index contributed by atoms with van der Waals surface area (Å²) < 4.78 is 19.1. The highest BCUT2D eigenvalue weighted by atomic mass is 19.1. The van der Waals surface area contributed by atoms with Crippen molar-refractivity contribution in [3.05, 3.63) is 47.5 Å². The average Bonchev–Trinajstić information content (AvgIpc) is 2.64. The Bertz CT molecular complexity index is 690. The molecule has 2 aromatic rings. The van der Waals surface area contributed by atoms with Crippen LogP contribution < -0.4 is 9.64 Å². The van der Waals surface area contributed by atoms with E-state index in [2.05, 4.69) is 19.8 Å². The third-order valence-corrected chi connectivity index (χ3v) is 4.22. The number of piperazine rings is 1. The van der Waals surface area contributed by atoms with Crippen LogP contribution in [0.15, 0.2) is 30.6 Å². The van der Waals surface area contributed by atoms with E-state index < -0.39 is 0 Å². The zero-order chi connectivity index (χ0) is 16.9. The number of rotatable bonds is 5. The molecule has 0 aliphatic carbocycles. The molecule has 0 atom stereocenters. The van der Waals surface area contributed by atoms with Crippen molar-refractivity contribution in [2.75, 3.05) is 38.2 Å². The van der Waals surface area contributed by atoms with Crippen LogP contribution in [0.25, 0.3) is 0 Å². The van der Waals surface area contributed by atoms with E-state index in [1.165, 1.54) is 12.4 Å². The smallest absolute Gasteiger partial charge is 0.218 e. The van der Waals surface area contributed by atoms with Crippen LogP contribution in [0, 0.1) is 5.82 Å². The van der Waals surface area contributed by atoms with Gasteiger partial charge in [-0.2, -0.15) is 0 Å². The van der Waals surface area contributed by atoms with Gasteiger partial charge in [-0.25, -0.2) is 14.4 Å². The number of benzene rings is 1. The van der Waals surface area contributed by atoms with Crippen LogP contribution in [0.4, 0.5) is 10.2 Å². The normalized spacial score (nSPS) is 15.5. The zero-order valence-corrected chi connectivity index (χ0v) is 13.7. The molecule has 1 aliphatic heterocycles. The molecule has 0 saturated carbocycles. The molecule has 0 radical (unpaired) electrons. The molecule has 1 aliphatic rings. The van der Waals surface area contributed by atoms with Crippen molar-refractivity contribution < 1.29 is 14.2 Å². The summed E-state index contributed by atoms with van der Waals surface area (Å²) in [4.78, 5) is 12.7. The molecule has 0 spiro atoms. The highest BCUT2D eigenvalue weighted by molar-refractivity contribution is 5.41. The Labute approximate surface area is 140 Å². The Morgan fingerprint density at radius 2 is 1.96 bits per heavy atom. The van der Waals surface area contributed by atoms with Gasteiger partial charge in [0.1, 0.15) is 18.0 Å². The SMILES string of the molecule is COc1cc(N2CCN(Cc3cc(CO)ccc3F)CC2)ncn1. The number of methoxy groups -OCH3 is 1. The van der Waals surface area contributed by atoms with Crippen molar-refractivity contribution in [1.29, 1.82) is 0 Å². The second-order valence-electron chi connectivity index (χ2n) is 5.77. The first-order valence-corrected chi connectivity index (χ1v) is 7.91. The van der Waals surface area contributed by atoms with E-state index >= 15 is 0 Å². The predicted molar refractivity (Wildman–Crippen MR) is 88.4 cm³/mol. The minimum absolute atomic E-state index is 0.0728. The van der Waals surface area contributed by atoms with E-state index in [1.807, 2.05) is 6.07 Å². The highest BCUT2D eigenvalue weighted by Crippen LogP contribution is 2.19. The molecule has 7 heteroatoms. The Kier molecular flexibility index (Phi) is 5.22. The van der Waals surface area contributed by atoms with Crippen molar-refractivity contribution in [2.24, 2.45) is 0 Å². The highest BCUT2D eigenvalue weighted by Gasteiger charge is 2.19. The van der Waals surface area contributed by atoms with Gasteiger partial charge in [0.25, 0.3) is 0 Å². The van der Waals surface area contributed by atoms with Crippen LogP contribution in [0.5, 0.6) is 5.88 Å². The van der Waals surface area contributed by atoms with Gasteiger partial charge in [0.05, 0.1) is 13.7 Å². The Balaban J connectivity index is 1.61. The van der Waals surface area contributed by atoms with Crippen LogP contribution in [0.2, 0.25) is 0 Å². The summed E-state index contributed by atoms with van der Waals surface area (Å²) in [6.07, 6.45) is 1.50. The predicted octanol–water partition coefficient (Wildman–Crippen LogP) is 1.44. The summed E-state index contributed by atoms with van der Waals surface area (Å²) in [5.41, 5.74) is 1.36. The van der Waals surface area contributed by atoms with Crippen LogP contribution in [-0.4, -0.2) is 53.3 Å². The molecule has 0 bridgehead atoms. The lowest BCUT2D eigenvalue weighted by molar-refractivity contribution is 0.245. The Hall–Kier alpha value is -2.25. The summed E-state index contributed by atoms with van der Waals surface area (Å²) in [7, 11) is 1.58. The quantitative estimate of drug-likeness (QED) is 0.894. The van der Waals surface area contributed by atoms with Gasteiger partial charge in [-0.15, -0.1) is 0 Å². The molecule has 1 saturated heterocycles. The van der Waals surface area contributed by atoms with Gasteiger partial charge in [-0.05, 0) is 17.7 Å². The lowest BCUT2D eigenvalue weighted by atomic mass is 10.1. The van der Waals surface area contributed by atoms with Crippen molar-refractivity contribution >= 4 is 5.82 Å². The molecule has 1 aromatic carbocycles. The van der Waals surface area contributed by atoms with E-state index in [4.69, 9.17) is 4.74 Å². The van der Waals surface area contributed by atoms with Gasteiger partial charge in [-0.3, -0.25) is 4.90 Å². The molecule has 1 fully saturated rings. The van der Waals surface area contributed by atoms with E-state index in [0.29, 0.717) is 18.0 Å². The Morgan fingerprint density at radius 1 is 1.17 bits per heavy atom. The second-order valence-corrected chi connectivity index (χ2v) is 5.77. The number of aliphatic hydroxyl groups is 1. The minimum atomic E-state index is -0.227. The molecule has 128 valence electrons. The number of nitrogens with zero attached hydrogens (tertiary/aromatic N) is 4. The summed E-state index contributed by atoms with van der Waals surface area (Å²) in [5, 5.41) is 9.20. The molecule has 1 N–H and O–H groups in total. The zero-order valence-electron chi connectivity index (χ0n) is 13.7. The van der Waals surface area contributed by atoms with E-state index in [0.717, 1.165) is 37.6 Å². The van der Waals surface area contributed by atoms with Crippen molar-refractivity contribution in [3.63, 3.8) is 0 Å². The fourth-order valence-corrected chi connectivity index (χ4v) is 2.84. The summed E-state index contributed by atoms with van der Waals surface area (Å²) in [6.45, 7) is 3.71. The van der Waals surface area contributed by atoms with Gasteiger partial charge in [0, 0.05) is 44.4 Å². The first kappa shape index (κ1) is 16.6. The van der Waals surface area contributed by atoms with Crippen molar-refractivity contribution in [3.8, 4) is 5.88 Å². The van der Waals surface area contributed by atoms with Crippen LogP contribution in [0.1, 0.15) is 11.1 Å². The fraction of sp³-hybridized carbons (Fsp3) is 0.412. The standard InChI is InChI=1S/C17H21FN4O2/c1-24-17-9-16(19-12-20-17)22-6-4-21(5-7-22)10-14-8-13(11-23)2-3-15(14)18/h2-3,8-9,12,23H,4-7,10-11H2,1H3. The Morgan fingerprint density at radius 3 is 2.67 bits per heavy atom. The van der Waals surface area contributed by atoms with E-state index in [1.54, 1.807) is 19.2 Å². The largest absolute Gasteiger partial charge is 0.481 e. The lowest BCUT2D eigenvalue weighted by Crippen LogP contribution is -2.46. The number of aliphatic hydroxyl groups excluding tert-OH is 1. The molecule has 24 heavy (non-hydrogen) atoms. The number of halogens is 1. The molecule has 2 heterocycles. The second kappa shape index (κ2) is 7.55. The summed E-state index contributed by atoms with van der Waals surface area (Å²) in [6, 6.07) is 6.58. The third kappa shape index (κ3) is 3.80. The minimum Gasteiger partial charge on any atom is -0.481 e. The van der Waals surface area contributed by atoms with Gasteiger partial charge in [0.15, 0.2) is 0 Å². The number of ether oxygens (including phenoxy) is 1. The maximum atomic E-state index is 13.9. The first-order valence-electron chi connectivity index (χ1n) is 7.91. The van der Waals surface area contributed by atoms with Crippen LogP contribution >= 0.6 is 0 Å². The average molecular weight is 332 g/mol. The lowest BCUT2D eigenvalue weighted by Gasteiger charge is -2.35. The summed E-state index contributed by atoms with van der Waals surface area (Å²) in [5.74, 6) is 1.16. The van der Waals surface area contributed by atoms with Gasteiger partial charge in [-0.1, -0.05) is 6.07 Å². The molecular formula is C17H21FN4O2. The monoisotopic (exact) mass is 332 g/mol. The molecule has 0 unspecified atom stereocenters. The molecule has 3 rings (SSSR count). The molecule has 6 nitrogen and oxygen atoms in total. The number of hydrogen-bond donors (Lipinski definition) is 1.